The zero-order chi connectivity index (χ0) is 21.2. The Hall–Kier alpha value is -0.981. The largest absolute Gasteiger partial charge is 2.00 e. The molecule has 0 spiro atoms. The van der Waals surface area contributed by atoms with Crippen LogP contribution in [0.2, 0.25) is 0 Å². The second-order valence-electron chi connectivity index (χ2n) is 4.99. The summed E-state index contributed by atoms with van der Waals surface area (Å²) in [6.45, 7) is -1.73. The number of aliphatic hydroxyl groups excluding tert-OH is 10. The average Bonchev–Trinajstić information content (AvgIpc) is 2.62. The molecule has 0 aromatic rings. The summed E-state index contributed by atoms with van der Waals surface area (Å²) in [5, 5.41) is 107. The van der Waals surface area contributed by atoms with Crippen LogP contribution in [0, 0.1) is 0 Å². The first-order valence-corrected chi connectivity index (χ1v) is 6.91. The predicted molar refractivity (Wildman–Crippen MR) is 75.9 cm³/mol. The van der Waals surface area contributed by atoms with Crippen molar-refractivity contribution in [2.45, 2.75) is 48.8 Å². The van der Waals surface area contributed by atoms with E-state index in [1.165, 1.54) is 0 Å². The Labute approximate surface area is 168 Å². The van der Waals surface area contributed by atoms with Gasteiger partial charge in [0.1, 0.15) is 48.8 Å². The number of carboxylic acids is 2. The van der Waals surface area contributed by atoms with E-state index in [0.717, 1.165) is 0 Å². The number of rotatable bonds is 10. The molecule has 0 amide bonds. The fourth-order valence-corrected chi connectivity index (χ4v) is 1.32. The van der Waals surface area contributed by atoms with E-state index in [4.69, 9.17) is 51.1 Å². The minimum Gasteiger partial charge on any atom is -0.547 e. The fraction of sp³-hybridized carbons (Fsp3) is 0.833. The Morgan fingerprint density at radius 3 is 0.964 bits per heavy atom. The Morgan fingerprint density at radius 2 is 0.821 bits per heavy atom. The van der Waals surface area contributed by atoms with Crippen LogP contribution < -0.4 is 10.2 Å². The van der Waals surface area contributed by atoms with Gasteiger partial charge < -0.3 is 76.3 Å². The van der Waals surface area contributed by atoms with Crippen molar-refractivity contribution in [2.24, 2.45) is 0 Å². The molecule has 0 aromatic carbocycles. The zero-order valence-corrected chi connectivity index (χ0v) is 15.1. The second-order valence-corrected chi connectivity index (χ2v) is 4.99. The van der Waals surface area contributed by atoms with E-state index < -0.39 is 74.0 Å². The minimum absolute atomic E-state index is 0. The first-order valence-electron chi connectivity index (χ1n) is 6.91. The molecule has 0 radical (unpaired) electrons. The number of aliphatic carboxylic acids is 2. The maximum Gasteiger partial charge on any atom is 2.00 e. The topological polar surface area (TPSA) is 314 Å². The molecule has 0 aliphatic rings. The number of hydrogen-bond acceptors (Lipinski definition) is 14. The van der Waals surface area contributed by atoms with Crippen LogP contribution in [-0.2, 0) is 26.7 Å². The molecule has 8 unspecified atom stereocenters. The summed E-state index contributed by atoms with van der Waals surface area (Å²) in [5.41, 5.74) is 0. The molecule has 16 heteroatoms. The first kappa shape index (κ1) is 34.5. The quantitative estimate of drug-likeness (QED) is 0.134. The molecule has 0 heterocycles. The van der Waals surface area contributed by atoms with E-state index in [9.17, 15) is 19.8 Å². The summed E-state index contributed by atoms with van der Waals surface area (Å²) < 4.78 is 0. The molecule has 0 fully saturated rings. The van der Waals surface area contributed by atoms with E-state index in [0.29, 0.717) is 0 Å². The molecule has 15 nitrogen and oxygen atoms in total. The number of carbonyl (C=O) groups excluding carboxylic acids is 2. The maximum absolute atomic E-state index is 9.98. The van der Waals surface area contributed by atoms with Gasteiger partial charge >= 0.3 is 17.1 Å². The molecule has 170 valence electrons. The molecule has 12 N–H and O–H groups in total. The average molecular weight is 464 g/mol. The first-order chi connectivity index (χ1) is 11.8. The number of aliphatic hydroxyl groups is 10. The van der Waals surface area contributed by atoms with Crippen molar-refractivity contribution in [1.82, 2.24) is 0 Å². The summed E-state index contributed by atoms with van der Waals surface area (Å²) in [4.78, 5) is 20.0. The van der Waals surface area contributed by atoms with Gasteiger partial charge in [-0.1, -0.05) is 0 Å². The Morgan fingerprint density at radius 1 is 0.607 bits per heavy atom. The Balaban J connectivity index is -0.000000192. The van der Waals surface area contributed by atoms with Crippen molar-refractivity contribution >= 4 is 11.9 Å². The van der Waals surface area contributed by atoms with Crippen molar-refractivity contribution < 1.29 is 93.4 Å². The monoisotopic (exact) mass is 464 g/mol. The van der Waals surface area contributed by atoms with Crippen LogP contribution in [0.1, 0.15) is 0 Å². The third-order valence-electron chi connectivity index (χ3n) is 2.99. The number of carbonyl (C=O) groups is 2. The third kappa shape index (κ3) is 11.8. The summed E-state index contributed by atoms with van der Waals surface area (Å²) in [6.07, 6.45) is -16.2. The minimum atomic E-state index is -2.31. The van der Waals surface area contributed by atoms with E-state index in [2.05, 4.69) is 0 Å². The van der Waals surface area contributed by atoms with Crippen molar-refractivity contribution in [3.8, 4) is 0 Å². The Kier molecular flexibility index (Phi) is 20.9. The van der Waals surface area contributed by atoms with Gasteiger partial charge in [0.15, 0.2) is 0 Å². The van der Waals surface area contributed by atoms with E-state index in [-0.39, 0.29) is 22.5 Å². The molecule has 0 aliphatic heterocycles. The third-order valence-corrected chi connectivity index (χ3v) is 2.99. The molecule has 28 heavy (non-hydrogen) atoms. The van der Waals surface area contributed by atoms with Gasteiger partial charge in [-0.25, -0.2) is 0 Å². The summed E-state index contributed by atoms with van der Waals surface area (Å²) in [6, 6.07) is 0. The molecule has 0 saturated heterocycles. The standard InChI is InChI=1S/2C6H12O7.Fe.H2O/c2*7-1-2(8)3(9)4(10)5(11)6(12)13;;/h2*2-5,7-11H,1H2,(H,12,13);;1H2/q;;+2;/p-2. The van der Waals surface area contributed by atoms with Crippen LogP contribution in [0.15, 0.2) is 0 Å². The van der Waals surface area contributed by atoms with Crippen LogP contribution in [0.4, 0.5) is 0 Å². The zero-order valence-electron chi connectivity index (χ0n) is 14.0. The van der Waals surface area contributed by atoms with Gasteiger partial charge in [-0.2, -0.15) is 0 Å². The molecule has 0 bridgehead atoms. The van der Waals surface area contributed by atoms with Gasteiger partial charge in [0, 0.05) is 0 Å². The SMILES string of the molecule is O.O=C([O-])C(O)C(O)C(O)C(O)CO.O=C([O-])C(O)C(O)C(O)C(O)CO.[Fe+2]. The normalized spacial score (nSPS) is 18.9. The molecular weight excluding hydrogens is 440 g/mol. The van der Waals surface area contributed by atoms with Crippen LogP contribution in [0.3, 0.4) is 0 Å². The van der Waals surface area contributed by atoms with E-state index in [1.54, 1.807) is 0 Å². The molecule has 8 atom stereocenters. The van der Waals surface area contributed by atoms with Gasteiger partial charge in [0.05, 0.1) is 25.2 Å². The Bertz CT molecular complexity index is 386. The van der Waals surface area contributed by atoms with Crippen molar-refractivity contribution in [3.63, 3.8) is 0 Å². The maximum atomic E-state index is 9.98. The van der Waals surface area contributed by atoms with Crippen LogP contribution in [0.5, 0.6) is 0 Å². The summed E-state index contributed by atoms with van der Waals surface area (Å²) in [5.74, 6) is -3.95. The van der Waals surface area contributed by atoms with Gasteiger partial charge in [0.2, 0.25) is 0 Å². The van der Waals surface area contributed by atoms with E-state index >= 15 is 0 Å². The molecule has 0 saturated carbocycles. The van der Waals surface area contributed by atoms with Gasteiger partial charge in [0.25, 0.3) is 0 Å². The van der Waals surface area contributed by atoms with Crippen molar-refractivity contribution in [2.75, 3.05) is 13.2 Å². The van der Waals surface area contributed by atoms with Crippen LogP contribution in [0.25, 0.3) is 0 Å². The van der Waals surface area contributed by atoms with Crippen LogP contribution in [-0.4, -0.2) is 131 Å². The van der Waals surface area contributed by atoms with Crippen molar-refractivity contribution in [1.29, 1.82) is 0 Å². The van der Waals surface area contributed by atoms with Gasteiger partial charge in [-0.15, -0.1) is 0 Å². The van der Waals surface area contributed by atoms with E-state index in [1.807, 2.05) is 0 Å². The molecular formula is C12H24FeO15. The number of hydrogen-bond donors (Lipinski definition) is 10. The smallest absolute Gasteiger partial charge is 0.547 e. The van der Waals surface area contributed by atoms with Crippen molar-refractivity contribution in [3.05, 3.63) is 0 Å². The van der Waals surface area contributed by atoms with Crippen LogP contribution >= 0.6 is 0 Å². The second kappa shape index (κ2) is 16.9. The predicted octanol–water partition coefficient (Wildman–Crippen LogP) is -10.5. The van der Waals surface area contributed by atoms with Gasteiger partial charge in [-0.05, 0) is 0 Å². The molecule has 0 aliphatic carbocycles. The van der Waals surface area contributed by atoms with Gasteiger partial charge in [-0.3, -0.25) is 0 Å². The fourth-order valence-electron chi connectivity index (χ4n) is 1.32. The number of carboxylic acid groups (broad SMARTS) is 2. The summed E-state index contributed by atoms with van der Waals surface area (Å²) >= 11 is 0. The molecule has 0 rings (SSSR count). The summed E-state index contributed by atoms with van der Waals surface area (Å²) in [7, 11) is 0. The molecule has 0 aromatic heterocycles.